The van der Waals surface area contributed by atoms with E-state index in [-0.39, 0.29) is 5.97 Å². The zero-order chi connectivity index (χ0) is 23.5. The summed E-state index contributed by atoms with van der Waals surface area (Å²) in [7, 11) is 1.64. The summed E-state index contributed by atoms with van der Waals surface area (Å²) >= 11 is 0. The number of ether oxygens (including phenoxy) is 3. The molecule has 8 nitrogen and oxygen atoms in total. The topological polar surface area (TPSA) is 92.5 Å². The summed E-state index contributed by atoms with van der Waals surface area (Å²) < 4.78 is 18.0. The number of carbonyl (C=O) groups is 2. The Morgan fingerprint density at radius 1 is 1.00 bits per heavy atom. The van der Waals surface area contributed by atoms with Crippen LogP contribution in [-0.2, 0) is 43.2 Å². The van der Waals surface area contributed by atoms with Crippen molar-refractivity contribution in [1.82, 2.24) is 15.0 Å². The molecule has 3 atom stereocenters. The number of fused-ring (bicyclic) bond motifs is 2. The predicted molar refractivity (Wildman–Crippen MR) is 124 cm³/mol. The van der Waals surface area contributed by atoms with Crippen LogP contribution in [-0.4, -0.2) is 60.3 Å². The zero-order valence-electron chi connectivity index (χ0n) is 20.4. The van der Waals surface area contributed by atoms with Gasteiger partial charge in [0.25, 0.3) is 0 Å². The lowest BCUT2D eigenvalue weighted by atomic mass is 10.0. The van der Waals surface area contributed by atoms with Crippen molar-refractivity contribution in [2.45, 2.75) is 84.1 Å². The summed E-state index contributed by atoms with van der Waals surface area (Å²) in [5, 5.41) is 8.85. The standard InChI is InChI=1S/C25H41N3O5/c1-3-7-19(29)8-4-5-14-28-24-13-11-21-20(10-12-23(24)26-27-28)22(21)18-33-25(30)9-6-15-32-17-16-31-2/h20-22H,3-18H2,1-2H3. The van der Waals surface area contributed by atoms with Crippen molar-refractivity contribution >= 4 is 11.8 Å². The Labute approximate surface area is 197 Å². The molecule has 2 aliphatic carbocycles. The maximum Gasteiger partial charge on any atom is 0.305 e. The van der Waals surface area contributed by atoms with E-state index in [9.17, 15) is 9.59 Å². The van der Waals surface area contributed by atoms with Gasteiger partial charge in [-0.3, -0.25) is 9.59 Å². The van der Waals surface area contributed by atoms with E-state index in [1.54, 1.807) is 7.11 Å². The summed E-state index contributed by atoms with van der Waals surface area (Å²) in [4.78, 5) is 23.8. The molecule has 1 aromatic rings. The van der Waals surface area contributed by atoms with E-state index in [0.717, 1.165) is 57.2 Å². The lowest BCUT2D eigenvalue weighted by Crippen LogP contribution is -2.10. The number of aromatic nitrogens is 3. The fourth-order valence-electron chi connectivity index (χ4n) is 5.06. The number of esters is 1. The van der Waals surface area contributed by atoms with Crippen molar-refractivity contribution in [3.05, 3.63) is 11.4 Å². The van der Waals surface area contributed by atoms with Crippen LogP contribution in [0.25, 0.3) is 0 Å². The average molecular weight is 464 g/mol. The number of aryl methyl sites for hydroxylation is 2. The number of ketones is 1. The summed E-state index contributed by atoms with van der Waals surface area (Å²) in [6.07, 6.45) is 9.43. The van der Waals surface area contributed by atoms with Gasteiger partial charge in [-0.15, -0.1) is 5.10 Å². The lowest BCUT2D eigenvalue weighted by molar-refractivity contribution is -0.144. The molecule has 1 fully saturated rings. The second kappa shape index (κ2) is 13.8. The number of Topliss-reactive ketones (excluding diaryl/α,β-unsaturated/α-hetero) is 1. The van der Waals surface area contributed by atoms with Gasteiger partial charge in [0.05, 0.1) is 31.2 Å². The van der Waals surface area contributed by atoms with E-state index in [2.05, 4.69) is 15.0 Å². The molecular formula is C25H41N3O5. The smallest absolute Gasteiger partial charge is 0.305 e. The first-order chi connectivity index (χ1) is 16.1. The van der Waals surface area contributed by atoms with Crippen LogP contribution in [0.15, 0.2) is 0 Å². The quantitative estimate of drug-likeness (QED) is 0.273. The molecule has 1 heterocycles. The third-order valence-electron chi connectivity index (χ3n) is 7.00. The Balaban J connectivity index is 1.34. The molecule has 33 heavy (non-hydrogen) atoms. The number of hydrogen-bond donors (Lipinski definition) is 0. The van der Waals surface area contributed by atoms with E-state index in [4.69, 9.17) is 14.2 Å². The first-order valence-electron chi connectivity index (χ1n) is 12.8. The van der Waals surface area contributed by atoms with E-state index >= 15 is 0 Å². The predicted octanol–water partition coefficient (Wildman–Crippen LogP) is 3.55. The third kappa shape index (κ3) is 8.18. The largest absolute Gasteiger partial charge is 0.465 e. The fraction of sp³-hybridized carbons (Fsp3) is 0.840. The second-order valence-electron chi connectivity index (χ2n) is 9.41. The van der Waals surface area contributed by atoms with Crippen LogP contribution >= 0.6 is 0 Å². The molecule has 1 saturated carbocycles. The first kappa shape index (κ1) is 25.8. The molecule has 3 rings (SSSR count). The number of rotatable bonds is 16. The van der Waals surface area contributed by atoms with Crippen molar-refractivity contribution in [2.75, 3.05) is 33.5 Å². The molecule has 0 saturated heterocycles. The van der Waals surface area contributed by atoms with Gasteiger partial charge in [0.2, 0.25) is 0 Å². The van der Waals surface area contributed by atoms with Gasteiger partial charge < -0.3 is 14.2 Å². The maximum atomic E-state index is 12.0. The first-order valence-corrected chi connectivity index (χ1v) is 12.8. The summed E-state index contributed by atoms with van der Waals surface area (Å²) in [6.45, 7) is 5.13. The molecule has 0 radical (unpaired) electrons. The van der Waals surface area contributed by atoms with Crippen molar-refractivity contribution in [2.24, 2.45) is 17.8 Å². The molecule has 8 heteroatoms. The molecule has 2 aliphatic rings. The van der Waals surface area contributed by atoms with Gasteiger partial charge in [-0.25, -0.2) is 4.68 Å². The number of unbranched alkanes of at least 4 members (excludes halogenated alkanes) is 1. The normalized spacial score (nSPS) is 21.6. The van der Waals surface area contributed by atoms with E-state index in [1.807, 2.05) is 6.92 Å². The van der Waals surface area contributed by atoms with Crippen molar-refractivity contribution < 1.29 is 23.8 Å². The van der Waals surface area contributed by atoms with Crippen molar-refractivity contribution in [3.8, 4) is 0 Å². The Bertz CT molecular complexity index is 750. The maximum absolute atomic E-state index is 12.0. The molecular weight excluding hydrogens is 422 g/mol. The summed E-state index contributed by atoms with van der Waals surface area (Å²) in [6, 6.07) is 0. The molecule has 0 N–H and O–H groups in total. The molecule has 0 spiro atoms. The monoisotopic (exact) mass is 463 g/mol. The van der Waals surface area contributed by atoms with Gasteiger partial charge in [-0.2, -0.15) is 0 Å². The van der Waals surface area contributed by atoms with Crippen LogP contribution in [0.4, 0.5) is 0 Å². The summed E-state index contributed by atoms with van der Waals surface area (Å²) in [5.74, 6) is 2.01. The minimum atomic E-state index is -0.123. The highest BCUT2D eigenvalue weighted by molar-refractivity contribution is 5.78. The van der Waals surface area contributed by atoms with E-state index in [0.29, 0.717) is 75.6 Å². The number of methoxy groups -OCH3 is 1. The minimum Gasteiger partial charge on any atom is -0.465 e. The average Bonchev–Trinajstić information content (AvgIpc) is 3.30. The van der Waals surface area contributed by atoms with Gasteiger partial charge in [0.1, 0.15) is 5.78 Å². The van der Waals surface area contributed by atoms with Gasteiger partial charge in [-0.05, 0) is 69.1 Å². The Hall–Kier alpha value is -1.80. The van der Waals surface area contributed by atoms with Gasteiger partial charge in [0.15, 0.2) is 0 Å². The van der Waals surface area contributed by atoms with Crippen LogP contribution in [0.5, 0.6) is 0 Å². The van der Waals surface area contributed by atoms with Gasteiger partial charge >= 0.3 is 5.97 Å². The SMILES string of the molecule is CCCC(=O)CCCCn1nnc2c1CCC1C(CC2)C1COC(=O)CCCOCCOC. The molecule has 0 aromatic carbocycles. The molecule has 0 aliphatic heterocycles. The van der Waals surface area contributed by atoms with Crippen LogP contribution in [0.1, 0.15) is 76.1 Å². The Morgan fingerprint density at radius 2 is 1.82 bits per heavy atom. The molecule has 1 aromatic heterocycles. The highest BCUT2D eigenvalue weighted by Crippen LogP contribution is 2.52. The molecule has 186 valence electrons. The minimum absolute atomic E-state index is 0.123. The second-order valence-corrected chi connectivity index (χ2v) is 9.41. The summed E-state index contributed by atoms with van der Waals surface area (Å²) in [5.41, 5.74) is 2.40. The Morgan fingerprint density at radius 3 is 2.61 bits per heavy atom. The van der Waals surface area contributed by atoms with Crippen LogP contribution < -0.4 is 0 Å². The third-order valence-corrected chi connectivity index (χ3v) is 7.00. The lowest BCUT2D eigenvalue weighted by Gasteiger charge is -2.10. The van der Waals surface area contributed by atoms with Crippen LogP contribution in [0, 0.1) is 17.8 Å². The number of hydrogen-bond acceptors (Lipinski definition) is 7. The number of carbonyl (C=O) groups excluding carboxylic acids is 2. The fourth-order valence-corrected chi connectivity index (χ4v) is 5.06. The number of nitrogens with zero attached hydrogens (tertiary/aromatic N) is 3. The van der Waals surface area contributed by atoms with Crippen LogP contribution in [0.3, 0.4) is 0 Å². The Kier molecular flexibility index (Phi) is 10.8. The zero-order valence-corrected chi connectivity index (χ0v) is 20.4. The van der Waals surface area contributed by atoms with E-state index in [1.165, 1.54) is 5.69 Å². The van der Waals surface area contributed by atoms with Gasteiger partial charge in [-0.1, -0.05) is 12.1 Å². The highest BCUT2D eigenvalue weighted by atomic mass is 16.5. The van der Waals surface area contributed by atoms with Crippen molar-refractivity contribution in [3.63, 3.8) is 0 Å². The molecule has 0 bridgehead atoms. The van der Waals surface area contributed by atoms with Gasteiger partial charge in [0, 0.05) is 39.5 Å². The van der Waals surface area contributed by atoms with Crippen LogP contribution in [0.2, 0.25) is 0 Å². The highest BCUT2D eigenvalue weighted by Gasteiger charge is 2.50. The molecule has 3 unspecified atom stereocenters. The van der Waals surface area contributed by atoms with E-state index < -0.39 is 0 Å². The van der Waals surface area contributed by atoms with Crippen molar-refractivity contribution in [1.29, 1.82) is 0 Å². The molecule has 0 amide bonds.